The van der Waals surface area contributed by atoms with E-state index in [0.29, 0.717) is 11.7 Å². The molecule has 1 atom stereocenters. The van der Waals surface area contributed by atoms with Crippen LogP contribution in [-0.4, -0.2) is 15.3 Å². The summed E-state index contributed by atoms with van der Waals surface area (Å²) >= 11 is 6.68. The summed E-state index contributed by atoms with van der Waals surface area (Å²) in [5.74, 6) is 1.31. The van der Waals surface area contributed by atoms with E-state index in [-0.39, 0.29) is 11.0 Å². The van der Waals surface area contributed by atoms with Crippen molar-refractivity contribution >= 4 is 49.2 Å². The van der Waals surface area contributed by atoms with Gasteiger partial charge in [0.05, 0.1) is 11.1 Å². The Hall–Kier alpha value is -1.37. The number of para-hydroxylation sites is 1. The number of benzene rings is 1. The highest BCUT2D eigenvalue weighted by Gasteiger charge is 2.32. The highest BCUT2D eigenvalue weighted by atomic mass is 79.9. The van der Waals surface area contributed by atoms with Gasteiger partial charge in [-0.2, -0.15) is 0 Å². The second-order valence-electron chi connectivity index (χ2n) is 8.67. The highest BCUT2D eigenvalue weighted by molar-refractivity contribution is 9.11. The number of nitrogens with zero attached hydrogens (tertiary/aromatic N) is 2. The lowest BCUT2D eigenvalue weighted by atomic mass is 9.72. The van der Waals surface area contributed by atoms with Gasteiger partial charge in [-0.05, 0) is 52.8 Å². The molecule has 2 heterocycles. The molecule has 2 aromatic heterocycles. The van der Waals surface area contributed by atoms with E-state index in [9.17, 15) is 4.79 Å². The molecule has 0 radical (unpaired) electrons. The van der Waals surface area contributed by atoms with Gasteiger partial charge in [0.15, 0.2) is 5.16 Å². The lowest BCUT2D eigenvalue weighted by Crippen LogP contribution is -2.27. The second kappa shape index (κ2) is 8.05. The summed E-state index contributed by atoms with van der Waals surface area (Å²) in [5, 5.41) is 1.54. The first kappa shape index (κ1) is 20.9. The van der Waals surface area contributed by atoms with Crippen LogP contribution in [0.25, 0.3) is 15.9 Å². The number of thioether (sulfide) groups is 1. The predicted octanol–water partition coefficient (Wildman–Crippen LogP) is 6.60. The fourth-order valence-corrected chi connectivity index (χ4v) is 6.44. The smallest absolute Gasteiger partial charge is 0.267 e. The first-order chi connectivity index (χ1) is 13.8. The van der Waals surface area contributed by atoms with Crippen LogP contribution in [0.5, 0.6) is 0 Å². The Balaban J connectivity index is 1.90. The molecule has 1 aliphatic carbocycles. The fourth-order valence-electron chi connectivity index (χ4n) is 3.99. The van der Waals surface area contributed by atoms with E-state index in [1.807, 2.05) is 30.3 Å². The lowest BCUT2D eigenvalue weighted by molar-refractivity contribution is 0.218. The summed E-state index contributed by atoms with van der Waals surface area (Å²) in [5.41, 5.74) is 2.42. The van der Waals surface area contributed by atoms with Crippen LogP contribution < -0.4 is 5.56 Å². The van der Waals surface area contributed by atoms with Crippen LogP contribution in [0.1, 0.15) is 37.6 Å². The number of halogens is 1. The van der Waals surface area contributed by atoms with E-state index >= 15 is 0 Å². The van der Waals surface area contributed by atoms with Crippen molar-refractivity contribution in [3.63, 3.8) is 0 Å². The molecule has 4 rings (SSSR count). The second-order valence-corrected chi connectivity index (χ2v) is 11.8. The van der Waals surface area contributed by atoms with Gasteiger partial charge in [-0.3, -0.25) is 9.36 Å². The molecule has 0 aliphatic heterocycles. The number of hydrogen-bond donors (Lipinski definition) is 0. The van der Waals surface area contributed by atoms with Crippen LogP contribution in [0.4, 0.5) is 0 Å². The third-order valence-electron chi connectivity index (χ3n) is 5.65. The van der Waals surface area contributed by atoms with Crippen LogP contribution in [0.15, 0.2) is 51.3 Å². The molecular weight excluding hydrogens is 464 g/mol. The van der Waals surface area contributed by atoms with Gasteiger partial charge in [-0.15, -0.1) is 11.3 Å². The third kappa shape index (κ3) is 4.12. The Morgan fingerprint density at radius 1 is 1.34 bits per heavy atom. The average Bonchev–Trinajstić information content (AvgIpc) is 3.04. The highest BCUT2D eigenvalue weighted by Crippen LogP contribution is 2.42. The lowest BCUT2D eigenvalue weighted by Gasteiger charge is -2.33. The zero-order chi connectivity index (χ0) is 20.8. The number of rotatable bonds is 4. The van der Waals surface area contributed by atoms with Crippen molar-refractivity contribution in [2.45, 2.75) is 45.2 Å². The van der Waals surface area contributed by atoms with Crippen LogP contribution in [-0.2, 0) is 12.8 Å². The van der Waals surface area contributed by atoms with Crippen LogP contribution >= 0.6 is 39.0 Å². The molecule has 1 aliphatic rings. The molecular formula is C23H25BrN2OS2. The zero-order valence-corrected chi connectivity index (χ0v) is 20.2. The molecule has 0 spiro atoms. The molecule has 0 N–H and O–H groups in total. The molecule has 0 amide bonds. The monoisotopic (exact) mass is 488 g/mol. The predicted molar refractivity (Wildman–Crippen MR) is 129 cm³/mol. The van der Waals surface area contributed by atoms with Crippen molar-refractivity contribution in [3.05, 3.63) is 62.2 Å². The zero-order valence-electron chi connectivity index (χ0n) is 17.0. The van der Waals surface area contributed by atoms with Gasteiger partial charge in [0, 0.05) is 10.6 Å². The normalized spacial score (nSPS) is 16.8. The summed E-state index contributed by atoms with van der Waals surface area (Å²) in [6.07, 6.45) is 3.14. The van der Waals surface area contributed by atoms with Crippen LogP contribution in [0.2, 0.25) is 0 Å². The van der Waals surface area contributed by atoms with Gasteiger partial charge in [0.25, 0.3) is 5.56 Å². The summed E-state index contributed by atoms with van der Waals surface area (Å²) in [7, 11) is 0. The molecule has 3 aromatic rings. The summed E-state index contributed by atoms with van der Waals surface area (Å²) in [4.78, 5) is 20.9. The number of aromatic nitrogens is 2. The Morgan fingerprint density at radius 2 is 2.07 bits per heavy atom. The van der Waals surface area contributed by atoms with E-state index in [2.05, 4.69) is 43.3 Å². The minimum atomic E-state index is 0.0515. The minimum absolute atomic E-state index is 0.0515. The van der Waals surface area contributed by atoms with Crippen molar-refractivity contribution in [2.75, 3.05) is 5.75 Å². The van der Waals surface area contributed by atoms with Gasteiger partial charge >= 0.3 is 0 Å². The van der Waals surface area contributed by atoms with E-state index in [1.165, 1.54) is 10.4 Å². The van der Waals surface area contributed by atoms with E-state index < -0.39 is 0 Å². The number of hydrogen-bond acceptors (Lipinski definition) is 4. The number of fused-ring (bicyclic) bond motifs is 3. The molecule has 1 aromatic carbocycles. The van der Waals surface area contributed by atoms with E-state index in [4.69, 9.17) is 4.98 Å². The van der Waals surface area contributed by atoms with Crippen molar-refractivity contribution in [3.8, 4) is 5.69 Å². The van der Waals surface area contributed by atoms with E-state index in [1.54, 1.807) is 27.7 Å². The molecule has 6 heteroatoms. The van der Waals surface area contributed by atoms with Crippen molar-refractivity contribution in [2.24, 2.45) is 11.3 Å². The largest absolute Gasteiger partial charge is 0.268 e. The first-order valence-corrected chi connectivity index (χ1v) is 12.4. The van der Waals surface area contributed by atoms with Crippen molar-refractivity contribution in [1.82, 2.24) is 9.55 Å². The van der Waals surface area contributed by atoms with Crippen LogP contribution in [0.3, 0.4) is 0 Å². The van der Waals surface area contributed by atoms with Gasteiger partial charge in [0.2, 0.25) is 0 Å². The fraction of sp³-hybridized carbons (Fsp3) is 0.391. The van der Waals surface area contributed by atoms with Gasteiger partial charge in [0.1, 0.15) is 4.83 Å². The van der Waals surface area contributed by atoms with Gasteiger partial charge < -0.3 is 0 Å². The molecule has 152 valence electrons. The maximum atomic E-state index is 13.7. The summed E-state index contributed by atoms with van der Waals surface area (Å²) < 4.78 is 2.65. The average molecular weight is 490 g/mol. The molecule has 0 bridgehead atoms. The van der Waals surface area contributed by atoms with Crippen molar-refractivity contribution in [1.29, 1.82) is 0 Å². The molecule has 3 nitrogen and oxygen atoms in total. The van der Waals surface area contributed by atoms with E-state index in [0.717, 1.165) is 44.8 Å². The summed E-state index contributed by atoms with van der Waals surface area (Å²) in [6.45, 7) is 10.9. The number of aryl methyl sites for hydroxylation is 1. The topological polar surface area (TPSA) is 34.9 Å². The molecule has 29 heavy (non-hydrogen) atoms. The molecule has 0 unspecified atom stereocenters. The standard InChI is InChI=1S/C23H25BrN2OS2/c1-14(24)13-28-22-25-20-19(21(27)26(22)16-8-6-5-7-9-16)17-11-10-15(23(2,3)4)12-18(17)29-20/h5-9,15H,1,10-13H2,2-4H3/t15-/m0/s1. The third-order valence-corrected chi connectivity index (χ3v) is 8.47. The maximum absolute atomic E-state index is 13.7. The molecule has 0 fully saturated rings. The summed E-state index contributed by atoms with van der Waals surface area (Å²) in [6, 6.07) is 9.82. The Morgan fingerprint density at radius 3 is 2.72 bits per heavy atom. The Kier molecular flexibility index (Phi) is 5.79. The SMILES string of the molecule is C=C(Br)CSc1nc2sc3c(c2c(=O)n1-c1ccccc1)CC[C@H](C(C)(C)C)C3. The molecule has 0 saturated carbocycles. The molecule has 0 saturated heterocycles. The van der Waals surface area contributed by atoms with Gasteiger partial charge in [-0.25, -0.2) is 4.98 Å². The maximum Gasteiger partial charge on any atom is 0.267 e. The van der Waals surface area contributed by atoms with Crippen molar-refractivity contribution < 1.29 is 0 Å². The Labute approximate surface area is 188 Å². The first-order valence-electron chi connectivity index (χ1n) is 9.84. The van der Waals surface area contributed by atoms with Crippen LogP contribution in [0, 0.1) is 11.3 Å². The number of thiophene rings is 1. The minimum Gasteiger partial charge on any atom is -0.268 e. The van der Waals surface area contributed by atoms with Gasteiger partial charge in [-0.1, -0.05) is 73.2 Å². The Bertz CT molecular complexity index is 1130. The quantitative estimate of drug-likeness (QED) is 0.306.